The molecule has 1 aliphatic carbocycles. The normalized spacial score (nSPS) is 17.0. The third-order valence-electron chi connectivity index (χ3n) is 6.51. The molecule has 3 aromatic heterocycles. The zero-order chi connectivity index (χ0) is 22.0. The molecule has 1 aromatic carbocycles. The van der Waals surface area contributed by atoms with Crippen LogP contribution in [0.15, 0.2) is 47.0 Å². The Kier molecular flexibility index (Phi) is 4.19. The van der Waals surface area contributed by atoms with Gasteiger partial charge in [0.2, 0.25) is 11.4 Å². The highest BCUT2D eigenvalue weighted by molar-refractivity contribution is 6.08. The Morgan fingerprint density at radius 2 is 1.80 bits per heavy atom. The molecule has 154 valence electrons. The average Bonchev–Trinajstić information content (AvgIpc) is 3.32. The van der Waals surface area contributed by atoms with Crippen LogP contribution in [-0.4, -0.2) is 4.98 Å². The van der Waals surface area contributed by atoms with Crippen LogP contribution in [0, 0.1) is 6.92 Å². The topological polar surface area (TPSA) is 29.9 Å². The molecule has 0 spiro atoms. The number of pyridine rings is 2. The zero-order valence-corrected chi connectivity index (χ0v) is 18.7. The van der Waals surface area contributed by atoms with Crippen LogP contribution < -0.4 is 4.57 Å². The molecule has 1 aliphatic rings. The fourth-order valence-electron chi connectivity index (χ4n) is 4.68. The van der Waals surface area contributed by atoms with Crippen molar-refractivity contribution in [3.63, 3.8) is 0 Å². The summed E-state index contributed by atoms with van der Waals surface area (Å²) in [5, 5.41) is 2.14. The number of hydrogen-bond donors (Lipinski definition) is 0. The Balaban J connectivity index is 1.76. The Morgan fingerprint density at radius 3 is 2.53 bits per heavy atom. The lowest BCUT2D eigenvalue weighted by Gasteiger charge is -2.16. The number of furan rings is 1. The molecule has 4 aromatic rings. The highest BCUT2D eigenvalue weighted by Gasteiger charge is 2.25. The van der Waals surface area contributed by atoms with E-state index in [1.807, 2.05) is 0 Å². The molecule has 3 heteroatoms. The van der Waals surface area contributed by atoms with Gasteiger partial charge in [-0.2, -0.15) is 0 Å². The summed E-state index contributed by atoms with van der Waals surface area (Å²) in [7, 11) is 2.07. The van der Waals surface area contributed by atoms with Gasteiger partial charge in [0.05, 0.1) is 5.56 Å². The summed E-state index contributed by atoms with van der Waals surface area (Å²) in [6.07, 6.45) is 6.25. The molecule has 30 heavy (non-hydrogen) atoms. The predicted molar refractivity (Wildman–Crippen MR) is 123 cm³/mol. The fraction of sp³-hybridized carbons (Fsp3) is 0.407. The van der Waals surface area contributed by atoms with Crippen LogP contribution in [0.4, 0.5) is 0 Å². The standard InChI is InChI=1S/C27H31N2O/c1-17-10-11-20-21-12-13-23(27(2,3)4)28-26(21)30-25(20)24(17)22-16-19(14-15-29(22)5)18-8-6-7-9-18/h10-16,18H,6-9H2,1-5H3/q+1/i18D. The second-order valence-corrected chi connectivity index (χ2v) is 9.76. The third kappa shape index (κ3) is 3.12. The van der Waals surface area contributed by atoms with Crippen molar-refractivity contribution >= 4 is 22.1 Å². The van der Waals surface area contributed by atoms with Crippen LogP contribution >= 0.6 is 0 Å². The molecule has 1 saturated carbocycles. The smallest absolute Gasteiger partial charge is 0.227 e. The highest BCUT2D eigenvalue weighted by Crippen LogP contribution is 2.39. The summed E-state index contributed by atoms with van der Waals surface area (Å²) in [4.78, 5) is 4.86. The van der Waals surface area contributed by atoms with E-state index >= 15 is 0 Å². The first-order valence-electron chi connectivity index (χ1n) is 11.5. The minimum absolute atomic E-state index is 0.0313. The van der Waals surface area contributed by atoms with Crippen molar-refractivity contribution in [3.8, 4) is 11.3 Å². The SMILES string of the molecule is [2H]C1(c2cc[n+](C)c(-c3c(C)ccc4c3oc3nc(C(C)(C)C)ccc34)c2)CCCC1. The third-order valence-corrected chi connectivity index (χ3v) is 6.51. The van der Waals surface area contributed by atoms with E-state index in [9.17, 15) is 0 Å². The van der Waals surface area contributed by atoms with Crippen molar-refractivity contribution in [2.24, 2.45) is 7.05 Å². The molecule has 3 heterocycles. The summed E-state index contributed by atoms with van der Waals surface area (Å²) in [6.45, 7) is 8.65. The number of rotatable bonds is 2. The summed E-state index contributed by atoms with van der Waals surface area (Å²) in [5.41, 5.74) is 7.04. The molecule has 1 fully saturated rings. The second kappa shape index (κ2) is 6.94. The molecule has 0 bridgehead atoms. The molecule has 3 nitrogen and oxygen atoms in total. The van der Waals surface area contributed by atoms with Crippen LogP contribution in [0.1, 0.15) is 70.5 Å². The van der Waals surface area contributed by atoms with E-state index in [0.29, 0.717) is 5.71 Å². The minimum atomic E-state index is -0.470. The van der Waals surface area contributed by atoms with Crippen LogP contribution in [0.5, 0.6) is 0 Å². The molecular formula is C27H31N2O+. The Labute approximate surface area is 180 Å². The Bertz CT molecular complexity index is 1310. The van der Waals surface area contributed by atoms with Gasteiger partial charge in [-0.1, -0.05) is 45.7 Å². The molecular weight excluding hydrogens is 368 g/mol. The van der Waals surface area contributed by atoms with Gasteiger partial charge >= 0.3 is 0 Å². The maximum atomic E-state index is 8.99. The largest absolute Gasteiger partial charge is 0.437 e. The predicted octanol–water partition coefficient (Wildman–Crippen LogP) is 6.74. The number of hydrogen-bond acceptors (Lipinski definition) is 2. The molecule has 0 N–H and O–H groups in total. The summed E-state index contributed by atoms with van der Waals surface area (Å²) >= 11 is 0. The molecule has 0 saturated heterocycles. The van der Waals surface area contributed by atoms with Crippen LogP contribution in [0.3, 0.4) is 0 Å². The van der Waals surface area contributed by atoms with E-state index in [-0.39, 0.29) is 5.41 Å². The average molecular weight is 401 g/mol. The maximum absolute atomic E-state index is 8.99. The molecule has 0 radical (unpaired) electrons. The van der Waals surface area contributed by atoms with Crippen molar-refractivity contribution < 1.29 is 10.4 Å². The monoisotopic (exact) mass is 400 g/mol. The van der Waals surface area contributed by atoms with E-state index in [4.69, 9.17) is 10.8 Å². The minimum Gasteiger partial charge on any atom is -0.437 e. The van der Waals surface area contributed by atoms with Gasteiger partial charge in [-0.25, -0.2) is 9.55 Å². The number of aryl methyl sites for hydroxylation is 2. The van der Waals surface area contributed by atoms with E-state index in [2.05, 4.69) is 81.9 Å². The first kappa shape index (κ1) is 18.1. The number of benzene rings is 1. The molecule has 0 amide bonds. The van der Waals surface area contributed by atoms with Gasteiger partial charge < -0.3 is 4.42 Å². The van der Waals surface area contributed by atoms with Crippen molar-refractivity contribution in [2.45, 2.75) is 64.7 Å². The quantitative estimate of drug-likeness (QED) is 0.349. The van der Waals surface area contributed by atoms with Gasteiger partial charge in [0, 0.05) is 35.4 Å². The zero-order valence-electron chi connectivity index (χ0n) is 19.7. The van der Waals surface area contributed by atoms with Gasteiger partial charge in [-0.15, -0.1) is 0 Å². The molecule has 0 aliphatic heterocycles. The van der Waals surface area contributed by atoms with Crippen molar-refractivity contribution in [2.75, 3.05) is 0 Å². The van der Waals surface area contributed by atoms with Gasteiger partial charge in [-0.3, -0.25) is 0 Å². The van der Waals surface area contributed by atoms with Crippen molar-refractivity contribution in [1.29, 1.82) is 0 Å². The van der Waals surface area contributed by atoms with Gasteiger partial charge in [0.1, 0.15) is 7.05 Å². The van der Waals surface area contributed by atoms with Crippen molar-refractivity contribution in [1.82, 2.24) is 4.98 Å². The number of aromatic nitrogens is 2. The number of fused-ring (bicyclic) bond motifs is 3. The Morgan fingerprint density at radius 1 is 1.07 bits per heavy atom. The Hall–Kier alpha value is -2.68. The van der Waals surface area contributed by atoms with Crippen molar-refractivity contribution in [3.05, 3.63) is 59.4 Å². The summed E-state index contributed by atoms with van der Waals surface area (Å²) in [6, 6.07) is 12.9. The van der Waals surface area contributed by atoms with Gasteiger partial charge in [0.15, 0.2) is 11.8 Å². The fourth-order valence-corrected chi connectivity index (χ4v) is 4.68. The van der Waals surface area contributed by atoms with Crippen LogP contribution in [0.2, 0.25) is 0 Å². The molecule has 0 unspecified atom stereocenters. The van der Waals surface area contributed by atoms with Gasteiger partial charge in [-0.05, 0) is 48.9 Å². The first-order valence-corrected chi connectivity index (χ1v) is 11.0. The lowest BCUT2D eigenvalue weighted by Crippen LogP contribution is -2.31. The van der Waals surface area contributed by atoms with Crippen LogP contribution in [0.25, 0.3) is 33.3 Å². The van der Waals surface area contributed by atoms with Gasteiger partial charge in [0.25, 0.3) is 0 Å². The number of nitrogens with zero attached hydrogens (tertiary/aromatic N) is 2. The first-order chi connectivity index (χ1) is 14.7. The van der Waals surface area contributed by atoms with E-state index in [0.717, 1.165) is 64.6 Å². The summed E-state index contributed by atoms with van der Waals surface area (Å²) in [5.74, 6) is -0.470. The van der Waals surface area contributed by atoms with E-state index in [1.54, 1.807) is 0 Å². The molecule has 0 atom stereocenters. The second-order valence-electron chi connectivity index (χ2n) is 9.76. The lowest BCUT2D eigenvalue weighted by molar-refractivity contribution is -0.660. The van der Waals surface area contributed by atoms with Crippen LogP contribution in [-0.2, 0) is 12.5 Å². The lowest BCUT2D eigenvalue weighted by atomic mass is 9.91. The maximum Gasteiger partial charge on any atom is 0.227 e. The molecule has 5 rings (SSSR count). The summed E-state index contributed by atoms with van der Waals surface area (Å²) < 4.78 is 17.6. The van der Waals surface area contributed by atoms with E-state index < -0.39 is 5.89 Å². The van der Waals surface area contributed by atoms with E-state index in [1.165, 1.54) is 5.56 Å². The highest BCUT2D eigenvalue weighted by atomic mass is 16.3.